The van der Waals surface area contributed by atoms with E-state index in [9.17, 15) is 9.18 Å². The lowest BCUT2D eigenvalue weighted by atomic mass is 9.74. The monoisotopic (exact) mass is 379 g/mol. The van der Waals surface area contributed by atoms with E-state index in [4.69, 9.17) is 4.74 Å². The zero-order valence-electron chi connectivity index (χ0n) is 16.1. The first-order valence-corrected chi connectivity index (χ1v) is 10.0. The molecule has 1 saturated carbocycles. The number of nitrogens with one attached hydrogen (secondary N) is 1. The summed E-state index contributed by atoms with van der Waals surface area (Å²) in [7, 11) is 1.88. The maximum Gasteiger partial charge on any atom is 0.240 e. The molecule has 3 fully saturated rings. The highest BCUT2D eigenvalue weighted by atomic mass is 19.1. The summed E-state index contributed by atoms with van der Waals surface area (Å²) in [5.74, 6) is 0.110. The fourth-order valence-corrected chi connectivity index (χ4v) is 4.68. The fourth-order valence-electron chi connectivity index (χ4n) is 4.68. The molecule has 1 amide bonds. The number of hydrogen-bond acceptors (Lipinski definition) is 5. The van der Waals surface area contributed by atoms with Crippen molar-refractivity contribution in [1.29, 1.82) is 0 Å². The minimum absolute atomic E-state index is 0.0333. The lowest BCUT2D eigenvalue weighted by molar-refractivity contribution is -0.144. The molecule has 0 unspecified atom stereocenters. The van der Waals surface area contributed by atoms with Crippen molar-refractivity contribution in [1.82, 2.24) is 24.9 Å². The van der Waals surface area contributed by atoms with Crippen LogP contribution in [-0.4, -0.2) is 82.6 Å². The van der Waals surface area contributed by atoms with Crippen LogP contribution in [0.15, 0.2) is 12.4 Å². The summed E-state index contributed by atoms with van der Waals surface area (Å²) in [6.45, 7) is 4.62. The number of ether oxygens (including phenoxy) is 1. The van der Waals surface area contributed by atoms with Gasteiger partial charge < -0.3 is 10.1 Å². The lowest BCUT2D eigenvalue weighted by Gasteiger charge is -2.50. The van der Waals surface area contributed by atoms with Crippen molar-refractivity contribution in [2.45, 2.75) is 50.0 Å². The highest BCUT2D eigenvalue weighted by molar-refractivity contribution is 5.87. The van der Waals surface area contributed by atoms with Gasteiger partial charge in [0.1, 0.15) is 11.7 Å². The highest BCUT2D eigenvalue weighted by Crippen LogP contribution is 2.38. The second kappa shape index (κ2) is 7.85. The van der Waals surface area contributed by atoms with Crippen LogP contribution in [0.5, 0.6) is 0 Å². The number of aromatic nitrogens is 2. The van der Waals surface area contributed by atoms with Crippen molar-refractivity contribution >= 4 is 5.91 Å². The van der Waals surface area contributed by atoms with Gasteiger partial charge in [-0.1, -0.05) is 0 Å². The molecule has 3 heterocycles. The van der Waals surface area contributed by atoms with Crippen LogP contribution < -0.4 is 5.32 Å². The van der Waals surface area contributed by atoms with Crippen LogP contribution in [0.1, 0.15) is 31.2 Å². The number of morpholine rings is 1. The van der Waals surface area contributed by atoms with E-state index in [1.165, 1.54) is 0 Å². The van der Waals surface area contributed by atoms with E-state index < -0.39 is 6.17 Å². The third-order valence-electron chi connectivity index (χ3n) is 6.34. The van der Waals surface area contributed by atoms with Gasteiger partial charge in [0.05, 0.1) is 19.4 Å². The summed E-state index contributed by atoms with van der Waals surface area (Å²) in [6.07, 6.45) is 6.34. The van der Waals surface area contributed by atoms with E-state index in [2.05, 4.69) is 20.2 Å². The Balaban J connectivity index is 1.35. The minimum atomic E-state index is -0.833. The molecule has 3 aliphatic rings. The molecular formula is C19H30FN5O2. The van der Waals surface area contributed by atoms with Gasteiger partial charge in [-0.05, 0) is 25.7 Å². The van der Waals surface area contributed by atoms with Gasteiger partial charge in [0.15, 0.2) is 0 Å². The van der Waals surface area contributed by atoms with Crippen LogP contribution in [0.4, 0.5) is 4.39 Å². The van der Waals surface area contributed by atoms with Crippen LogP contribution in [0.3, 0.4) is 0 Å². The zero-order chi connectivity index (χ0) is 18.9. The Morgan fingerprint density at radius 2 is 2.19 bits per heavy atom. The van der Waals surface area contributed by atoms with E-state index >= 15 is 0 Å². The van der Waals surface area contributed by atoms with Gasteiger partial charge in [0.25, 0.3) is 0 Å². The molecule has 2 saturated heterocycles. The number of likely N-dealkylation sites (tertiary alicyclic amines) is 1. The zero-order valence-corrected chi connectivity index (χ0v) is 16.1. The summed E-state index contributed by atoms with van der Waals surface area (Å²) in [4.78, 5) is 17.5. The lowest BCUT2D eigenvalue weighted by Crippen LogP contribution is -2.65. The molecule has 1 aromatic heterocycles. The standard InChI is InChI=1S/C19H30FN5O2/c1-23-12-15(10-22-23)13-24-14-16(20)9-17(24)11-21-18(26)19(3-2-4-19)25-5-7-27-8-6-25/h10,12,16-17H,2-9,11,13-14H2,1H3,(H,21,26)/t16-,17-/m0/s1. The first kappa shape index (κ1) is 18.8. The van der Waals surface area contributed by atoms with Gasteiger partial charge >= 0.3 is 0 Å². The number of hydrogen-bond donors (Lipinski definition) is 1. The first-order valence-electron chi connectivity index (χ1n) is 10.0. The predicted octanol–water partition coefficient (Wildman–Crippen LogP) is 0.704. The fraction of sp³-hybridized carbons (Fsp3) is 0.789. The molecule has 0 aromatic carbocycles. The maximum absolute atomic E-state index is 14.1. The number of rotatable bonds is 6. The number of aryl methyl sites for hydroxylation is 1. The average Bonchev–Trinajstić information content (AvgIpc) is 3.18. The Morgan fingerprint density at radius 1 is 1.41 bits per heavy atom. The molecule has 2 aliphatic heterocycles. The molecule has 1 aromatic rings. The Kier molecular flexibility index (Phi) is 5.48. The molecule has 0 radical (unpaired) electrons. The van der Waals surface area contributed by atoms with E-state index in [1.807, 2.05) is 19.4 Å². The van der Waals surface area contributed by atoms with Gasteiger partial charge in [0.2, 0.25) is 5.91 Å². The minimum Gasteiger partial charge on any atom is -0.379 e. The van der Waals surface area contributed by atoms with Crippen LogP contribution in [0, 0.1) is 0 Å². The predicted molar refractivity (Wildman–Crippen MR) is 98.9 cm³/mol. The molecule has 1 N–H and O–H groups in total. The molecule has 27 heavy (non-hydrogen) atoms. The van der Waals surface area contributed by atoms with Crippen molar-refractivity contribution in [3.63, 3.8) is 0 Å². The SMILES string of the molecule is Cn1cc(CN2C[C@@H](F)C[C@H]2CNC(=O)C2(N3CCOCC3)CCC2)cn1. The van der Waals surface area contributed by atoms with Gasteiger partial charge in [-0.3, -0.25) is 19.3 Å². The first-order chi connectivity index (χ1) is 13.1. The van der Waals surface area contributed by atoms with Crippen molar-refractivity contribution < 1.29 is 13.9 Å². The summed E-state index contributed by atoms with van der Waals surface area (Å²) >= 11 is 0. The van der Waals surface area contributed by atoms with Crippen LogP contribution >= 0.6 is 0 Å². The molecule has 1 aliphatic carbocycles. The molecule has 0 bridgehead atoms. The number of carbonyl (C=O) groups excluding carboxylic acids is 1. The number of alkyl halides is 1. The number of halogens is 1. The molecule has 2 atom stereocenters. The average molecular weight is 379 g/mol. The van der Waals surface area contributed by atoms with Crippen molar-refractivity contribution in [3.8, 4) is 0 Å². The summed E-state index contributed by atoms with van der Waals surface area (Å²) in [5, 5.41) is 7.35. The van der Waals surface area contributed by atoms with Gasteiger partial charge in [0, 0.05) is 57.6 Å². The van der Waals surface area contributed by atoms with Crippen LogP contribution in [0.25, 0.3) is 0 Å². The maximum atomic E-state index is 14.1. The third kappa shape index (κ3) is 3.88. The smallest absolute Gasteiger partial charge is 0.240 e. The largest absolute Gasteiger partial charge is 0.379 e. The number of amides is 1. The number of nitrogens with zero attached hydrogens (tertiary/aromatic N) is 4. The quantitative estimate of drug-likeness (QED) is 0.789. The van der Waals surface area contributed by atoms with Gasteiger partial charge in [-0.25, -0.2) is 4.39 Å². The molecule has 150 valence electrons. The van der Waals surface area contributed by atoms with E-state index in [-0.39, 0.29) is 17.5 Å². The molecule has 7 nitrogen and oxygen atoms in total. The topological polar surface area (TPSA) is 62.6 Å². The van der Waals surface area contributed by atoms with Gasteiger partial charge in [-0.2, -0.15) is 5.10 Å². The number of carbonyl (C=O) groups is 1. The summed E-state index contributed by atoms with van der Waals surface area (Å²) in [5.41, 5.74) is 0.706. The normalized spacial score (nSPS) is 28.8. The molecule has 4 rings (SSSR count). The summed E-state index contributed by atoms with van der Waals surface area (Å²) in [6, 6.07) is 0.0333. The van der Waals surface area contributed by atoms with E-state index in [0.717, 1.165) is 37.9 Å². The van der Waals surface area contributed by atoms with Crippen LogP contribution in [0.2, 0.25) is 0 Å². The van der Waals surface area contributed by atoms with E-state index in [0.29, 0.717) is 39.3 Å². The second-order valence-corrected chi connectivity index (χ2v) is 8.13. The van der Waals surface area contributed by atoms with E-state index in [1.54, 1.807) is 4.68 Å². The third-order valence-corrected chi connectivity index (χ3v) is 6.34. The Bertz CT molecular complexity index is 656. The van der Waals surface area contributed by atoms with Gasteiger partial charge in [-0.15, -0.1) is 0 Å². The van der Waals surface area contributed by atoms with Crippen molar-refractivity contribution in [3.05, 3.63) is 18.0 Å². The van der Waals surface area contributed by atoms with Crippen molar-refractivity contribution in [2.24, 2.45) is 7.05 Å². The second-order valence-electron chi connectivity index (χ2n) is 8.13. The molecule has 0 spiro atoms. The molecular weight excluding hydrogens is 349 g/mol. The van der Waals surface area contributed by atoms with Crippen LogP contribution in [-0.2, 0) is 23.1 Å². The van der Waals surface area contributed by atoms with Crippen molar-refractivity contribution in [2.75, 3.05) is 39.4 Å². The Morgan fingerprint density at radius 3 is 2.81 bits per heavy atom. The Labute approximate surface area is 159 Å². The molecule has 8 heteroatoms. The Hall–Kier alpha value is -1.51. The summed E-state index contributed by atoms with van der Waals surface area (Å²) < 4.78 is 21.3. The highest BCUT2D eigenvalue weighted by Gasteiger charge is 2.49.